The van der Waals surface area contributed by atoms with Crippen molar-refractivity contribution in [3.05, 3.63) is 217 Å². The molecule has 3 heterocycles. The van der Waals surface area contributed by atoms with Gasteiger partial charge in [0.1, 0.15) is 28.1 Å². The average molecular weight is 796 g/mol. The highest BCUT2D eigenvalue weighted by molar-refractivity contribution is 6.18. The predicted molar refractivity (Wildman–Crippen MR) is 258 cm³/mol. The molecule has 0 radical (unpaired) electrons. The van der Waals surface area contributed by atoms with Gasteiger partial charge in [-0.25, -0.2) is 0 Å². The SMILES string of the molecule is C=Nc1c(/C(=N\Cc2cccc3oc4ccc(-n5c6ccc(-c7ccccc7)cc6c6cc7ccccc7cc65)cc4c23)c2ccc(-c3ccccc3)cc2)oc2ccccc12. The third-order valence-electron chi connectivity index (χ3n) is 12.2. The summed E-state index contributed by atoms with van der Waals surface area (Å²) in [7, 11) is 0. The van der Waals surface area contributed by atoms with Crippen LogP contribution >= 0.6 is 0 Å². The quantitative estimate of drug-likeness (QED) is 0.144. The first-order valence-corrected chi connectivity index (χ1v) is 20.8. The van der Waals surface area contributed by atoms with Crippen LogP contribution in [-0.4, -0.2) is 17.0 Å². The van der Waals surface area contributed by atoms with Crippen LogP contribution < -0.4 is 0 Å². The Morgan fingerprint density at radius 2 is 1.11 bits per heavy atom. The van der Waals surface area contributed by atoms with Gasteiger partial charge in [-0.15, -0.1) is 0 Å². The fourth-order valence-electron chi connectivity index (χ4n) is 9.21. The highest BCUT2D eigenvalue weighted by atomic mass is 16.3. The number of nitrogens with zero attached hydrogens (tertiary/aromatic N) is 3. The topological polar surface area (TPSA) is 55.9 Å². The molecule has 3 aromatic heterocycles. The second kappa shape index (κ2) is 14.5. The van der Waals surface area contributed by atoms with Crippen molar-refractivity contribution in [2.45, 2.75) is 6.54 Å². The number of fused-ring (bicyclic) bond motifs is 8. The van der Waals surface area contributed by atoms with Gasteiger partial charge in [-0.1, -0.05) is 140 Å². The van der Waals surface area contributed by atoms with Gasteiger partial charge in [0.05, 0.1) is 17.6 Å². The van der Waals surface area contributed by atoms with Crippen molar-refractivity contribution in [1.82, 2.24) is 4.57 Å². The molecule has 5 nitrogen and oxygen atoms in total. The summed E-state index contributed by atoms with van der Waals surface area (Å²) in [6.45, 7) is 4.33. The highest BCUT2D eigenvalue weighted by Crippen LogP contribution is 2.40. The van der Waals surface area contributed by atoms with E-state index in [0.717, 1.165) is 71.9 Å². The maximum atomic E-state index is 6.57. The van der Waals surface area contributed by atoms with Crippen LogP contribution in [0.15, 0.2) is 219 Å². The molecule has 0 aliphatic carbocycles. The number of para-hydroxylation sites is 1. The molecule has 0 saturated heterocycles. The van der Waals surface area contributed by atoms with Crippen LogP contribution in [0.4, 0.5) is 5.69 Å². The Labute approximate surface area is 357 Å². The van der Waals surface area contributed by atoms with E-state index in [0.29, 0.717) is 23.7 Å². The second-order valence-electron chi connectivity index (χ2n) is 15.8. The Morgan fingerprint density at radius 1 is 0.468 bits per heavy atom. The smallest absolute Gasteiger partial charge is 0.179 e. The molecule has 0 fully saturated rings. The van der Waals surface area contributed by atoms with Gasteiger partial charge in [0, 0.05) is 38.2 Å². The molecule has 0 aliphatic heterocycles. The van der Waals surface area contributed by atoms with Crippen molar-refractivity contribution in [1.29, 1.82) is 0 Å². The molecule has 9 aromatic carbocycles. The van der Waals surface area contributed by atoms with Crippen LogP contribution in [0.2, 0.25) is 0 Å². The van der Waals surface area contributed by atoms with Crippen molar-refractivity contribution >= 4 is 83.6 Å². The number of aliphatic imine (C=N–C) groups is 2. The molecule has 5 heteroatoms. The minimum absolute atomic E-state index is 0.378. The lowest BCUT2D eigenvalue weighted by atomic mass is 10.0. The van der Waals surface area contributed by atoms with E-state index in [9.17, 15) is 0 Å². The van der Waals surface area contributed by atoms with Crippen LogP contribution in [0.3, 0.4) is 0 Å². The van der Waals surface area contributed by atoms with Gasteiger partial charge in [-0.2, -0.15) is 0 Å². The van der Waals surface area contributed by atoms with Gasteiger partial charge >= 0.3 is 0 Å². The van der Waals surface area contributed by atoms with Gasteiger partial charge in [0.2, 0.25) is 0 Å². The molecule has 0 atom stereocenters. The summed E-state index contributed by atoms with van der Waals surface area (Å²) in [5, 5.41) is 7.82. The van der Waals surface area contributed by atoms with Gasteiger partial charge in [-0.3, -0.25) is 9.98 Å². The lowest BCUT2D eigenvalue weighted by Crippen LogP contribution is -2.04. The normalized spacial score (nSPS) is 12.1. The minimum atomic E-state index is 0.378. The van der Waals surface area contributed by atoms with E-state index in [1.165, 1.54) is 32.7 Å². The summed E-state index contributed by atoms with van der Waals surface area (Å²) in [6.07, 6.45) is 0. The maximum absolute atomic E-state index is 6.57. The molecular weight excluding hydrogens is 759 g/mol. The molecule has 0 N–H and O–H groups in total. The number of benzene rings is 9. The lowest BCUT2D eigenvalue weighted by molar-refractivity contribution is 0.605. The molecule has 0 spiro atoms. The number of rotatable bonds is 8. The molecule has 0 amide bonds. The summed E-state index contributed by atoms with van der Waals surface area (Å²) in [5.41, 5.74) is 13.8. The zero-order chi connectivity index (χ0) is 41.1. The van der Waals surface area contributed by atoms with Gasteiger partial charge < -0.3 is 13.4 Å². The Bertz CT molecular complexity index is 3720. The summed E-state index contributed by atoms with van der Waals surface area (Å²) in [5.74, 6) is 0.592. The largest absolute Gasteiger partial charge is 0.456 e. The fraction of sp³-hybridized carbons (Fsp3) is 0.0175. The van der Waals surface area contributed by atoms with Crippen LogP contribution in [0, 0.1) is 0 Å². The van der Waals surface area contributed by atoms with E-state index < -0.39 is 0 Å². The highest BCUT2D eigenvalue weighted by Gasteiger charge is 2.22. The molecule has 0 bridgehead atoms. The van der Waals surface area contributed by atoms with Crippen molar-refractivity contribution in [3.8, 4) is 27.9 Å². The van der Waals surface area contributed by atoms with Crippen LogP contribution in [0.1, 0.15) is 16.9 Å². The van der Waals surface area contributed by atoms with Crippen molar-refractivity contribution in [3.63, 3.8) is 0 Å². The average Bonchev–Trinajstić information content (AvgIpc) is 4.00. The molecule has 0 unspecified atom stereocenters. The second-order valence-corrected chi connectivity index (χ2v) is 15.8. The van der Waals surface area contributed by atoms with Crippen LogP contribution in [0.25, 0.3) is 93.4 Å². The van der Waals surface area contributed by atoms with Gasteiger partial charge in [0.25, 0.3) is 0 Å². The first-order chi connectivity index (χ1) is 30.7. The van der Waals surface area contributed by atoms with E-state index in [2.05, 4.69) is 174 Å². The molecular formula is C57H37N3O2. The zero-order valence-corrected chi connectivity index (χ0v) is 33.6. The van der Waals surface area contributed by atoms with E-state index >= 15 is 0 Å². The summed E-state index contributed by atoms with van der Waals surface area (Å²) in [4.78, 5) is 9.86. The first-order valence-electron chi connectivity index (χ1n) is 20.8. The zero-order valence-electron chi connectivity index (χ0n) is 33.6. The summed E-state index contributed by atoms with van der Waals surface area (Å²) >= 11 is 0. The third-order valence-corrected chi connectivity index (χ3v) is 12.2. The Hall–Kier alpha value is -8.28. The molecule has 12 rings (SSSR count). The lowest BCUT2D eigenvalue weighted by Gasteiger charge is -2.10. The molecule has 0 saturated carbocycles. The van der Waals surface area contributed by atoms with E-state index in [1.54, 1.807) is 0 Å². The van der Waals surface area contributed by atoms with Crippen LogP contribution in [0.5, 0.6) is 0 Å². The van der Waals surface area contributed by atoms with E-state index in [1.807, 2.05) is 42.5 Å². The van der Waals surface area contributed by atoms with Gasteiger partial charge in [0.15, 0.2) is 5.76 Å². The van der Waals surface area contributed by atoms with Crippen molar-refractivity contribution in [2.24, 2.45) is 9.98 Å². The fourth-order valence-corrected chi connectivity index (χ4v) is 9.21. The maximum Gasteiger partial charge on any atom is 0.179 e. The standard InChI is InChI=1S/C57H37N3O2/c1-58-56-45-20-10-11-21-51(45)62-57(56)55(39-25-23-38(24-26-39)36-13-4-2-5-14-36)59-35-43-19-12-22-53-54(43)48-34-44(28-30-52(48)61-53)60-49-29-27-42(37-15-6-3-7-16-37)32-46(49)47-31-40-17-8-9-18-41(40)33-50(47)60/h2-34H,1,35H2/b59-55-. The molecule has 62 heavy (non-hydrogen) atoms. The Balaban J connectivity index is 1.02. The molecule has 12 aromatic rings. The number of aromatic nitrogens is 1. The van der Waals surface area contributed by atoms with E-state index in [-0.39, 0.29) is 0 Å². The minimum Gasteiger partial charge on any atom is -0.456 e. The third kappa shape index (κ3) is 5.86. The van der Waals surface area contributed by atoms with Crippen molar-refractivity contribution < 1.29 is 8.83 Å². The number of hydrogen-bond donors (Lipinski definition) is 0. The molecule has 292 valence electrons. The van der Waals surface area contributed by atoms with E-state index in [4.69, 9.17) is 13.8 Å². The first kappa shape index (κ1) is 35.6. The number of furan rings is 2. The Kier molecular flexibility index (Phi) is 8.32. The van der Waals surface area contributed by atoms with Crippen LogP contribution in [-0.2, 0) is 6.54 Å². The Morgan fingerprint density at radius 3 is 1.90 bits per heavy atom. The predicted octanol–water partition coefficient (Wildman–Crippen LogP) is 15.3. The monoisotopic (exact) mass is 795 g/mol. The van der Waals surface area contributed by atoms with Crippen molar-refractivity contribution in [2.75, 3.05) is 0 Å². The number of hydrogen-bond acceptors (Lipinski definition) is 4. The van der Waals surface area contributed by atoms with Gasteiger partial charge in [-0.05, 0) is 106 Å². The molecule has 0 aliphatic rings. The summed E-state index contributed by atoms with van der Waals surface area (Å²) < 4.78 is 15.5. The summed E-state index contributed by atoms with van der Waals surface area (Å²) in [6, 6.07) is 70.3.